The summed E-state index contributed by atoms with van der Waals surface area (Å²) in [6.45, 7) is 2.01. The van der Waals surface area contributed by atoms with E-state index in [1.54, 1.807) is 24.8 Å². The van der Waals surface area contributed by atoms with E-state index in [4.69, 9.17) is 4.74 Å². The monoisotopic (exact) mass is 251 g/mol. The minimum atomic E-state index is -0.155. The van der Waals surface area contributed by atoms with Crippen molar-refractivity contribution in [1.29, 1.82) is 0 Å². The van der Waals surface area contributed by atoms with Gasteiger partial charge in [-0.2, -0.15) is 5.10 Å². The van der Waals surface area contributed by atoms with Crippen LogP contribution in [0.3, 0.4) is 0 Å². The third-order valence-corrected chi connectivity index (χ3v) is 3.28. The molecule has 0 aliphatic carbocycles. The smallest absolute Gasteiger partial charge is 0.267 e. The molecule has 2 heterocycles. The molecule has 0 fully saturated rings. The summed E-state index contributed by atoms with van der Waals surface area (Å²) in [5.74, 6) is 1.20. The summed E-state index contributed by atoms with van der Waals surface area (Å²) in [6, 6.07) is 1.71. The predicted molar refractivity (Wildman–Crippen MR) is 66.8 cm³/mol. The summed E-state index contributed by atoms with van der Waals surface area (Å²) in [5, 5.41) is 11.3. The fourth-order valence-electron chi connectivity index (χ4n) is 1.41. The quantitative estimate of drug-likeness (QED) is 0.876. The number of H-pyrrole nitrogens is 1. The molecule has 90 valence electrons. The highest BCUT2D eigenvalue weighted by atomic mass is 32.1. The first-order valence-electron chi connectivity index (χ1n) is 5.20. The molecule has 2 aromatic rings. The average Bonchev–Trinajstić information content (AvgIpc) is 2.96. The van der Waals surface area contributed by atoms with Crippen molar-refractivity contribution in [3.05, 3.63) is 28.1 Å². The maximum Gasteiger partial charge on any atom is 0.267 e. The summed E-state index contributed by atoms with van der Waals surface area (Å²) >= 11 is 1.35. The van der Waals surface area contributed by atoms with Gasteiger partial charge < -0.3 is 10.1 Å². The molecule has 1 amide bonds. The Hall–Kier alpha value is -1.82. The molecular weight excluding hydrogens is 238 g/mol. The van der Waals surface area contributed by atoms with Crippen LogP contribution in [0, 0.1) is 0 Å². The van der Waals surface area contributed by atoms with Gasteiger partial charge in [-0.3, -0.25) is 9.89 Å². The van der Waals surface area contributed by atoms with Crippen LogP contribution in [0.2, 0.25) is 0 Å². The Kier molecular flexibility index (Phi) is 3.43. The molecule has 0 unspecified atom stereocenters. The van der Waals surface area contributed by atoms with Gasteiger partial charge >= 0.3 is 0 Å². The van der Waals surface area contributed by atoms with E-state index < -0.39 is 0 Å². The van der Waals surface area contributed by atoms with Crippen molar-refractivity contribution < 1.29 is 9.53 Å². The van der Waals surface area contributed by atoms with Gasteiger partial charge in [0, 0.05) is 17.0 Å². The Labute approximate surface area is 103 Å². The van der Waals surface area contributed by atoms with E-state index in [1.165, 1.54) is 11.3 Å². The lowest BCUT2D eigenvalue weighted by molar-refractivity contribution is 0.103. The van der Waals surface area contributed by atoms with Crippen LogP contribution in [0.15, 0.2) is 17.6 Å². The fourth-order valence-corrected chi connectivity index (χ4v) is 2.16. The standard InChI is InChI=1S/C11H13N3O2S/c1-3-7-5-12-14-10(7)13-11(15)9-4-8(16-2)6-17-9/h4-6H,3H2,1-2H3,(H2,12,13,14,15). The highest BCUT2D eigenvalue weighted by Crippen LogP contribution is 2.22. The molecular formula is C11H13N3O2S. The van der Waals surface area contributed by atoms with Crippen LogP contribution in [-0.4, -0.2) is 23.2 Å². The number of carbonyl (C=O) groups excluding carboxylic acids is 1. The number of aryl methyl sites for hydroxylation is 1. The second-order valence-corrected chi connectivity index (χ2v) is 4.34. The molecule has 17 heavy (non-hydrogen) atoms. The maximum absolute atomic E-state index is 11.9. The number of aromatic nitrogens is 2. The van der Waals surface area contributed by atoms with Gasteiger partial charge in [0.25, 0.3) is 5.91 Å². The molecule has 0 bridgehead atoms. The number of carbonyl (C=O) groups is 1. The van der Waals surface area contributed by atoms with Gasteiger partial charge in [0.1, 0.15) is 11.6 Å². The SMILES string of the molecule is CCc1cn[nH]c1NC(=O)c1cc(OC)cs1. The van der Waals surface area contributed by atoms with E-state index in [0.29, 0.717) is 16.4 Å². The van der Waals surface area contributed by atoms with Crippen LogP contribution in [0.1, 0.15) is 22.2 Å². The number of hydrogen-bond acceptors (Lipinski definition) is 4. The number of rotatable bonds is 4. The van der Waals surface area contributed by atoms with E-state index in [9.17, 15) is 4.79 Å². The van der Waals surface area contributed by atoms with Crippen molar-refractivity contribution in [3.63, 3.8) is 0 Å². The minimum Gasteiger partial charge on any atom is -0.496 e. The topological polar surface area (TPSA) is 67.0 Å². The lowest BCUT2D eigenvalue weighted by Crippen LogP contribution is -2.11. The molecule has 0 radical (unpaired) electrons. The van der Waals surface area contributed by atoms with Crippen molar-refractivity contribution in [3.8, 4) is 5.75 Å². The molecule has 0 saturated carbocycles. The Morgan fingerprint density at radius 3 is 3.12 bits per heavy atom. The molecule has 6 heteroatoms. The first-order chi connectivity index (χ1) is 8.24. The number of anilines is 1. The van der Waals surface area contributed by atoms with Crippen LogP contribution in [-0.2, 0) is 6.42 Å². The molecule has 0 aliphatic rings. The second-order valence-electron chi connectivity index (χ2n) is 3.43. The second kappa shape index (κ2) is 5.01. The Balaban J connectivity index is 2.11. The number of hydrogen-bond donors (Lipinski definition) is 2. The molecule has 5 nitrogen and oxygen atoms in total. The normalized spacial score (nSPS) is 10.2. The molecule has 0 atom stereocenters. The number of ether oxygens (including phenoxy) is 1. The van der Waals surface area contributed by atoms with Crippen molar-refractivity contribution in [2.75, 3.05) is 12.4 Å². The number of amides is 1. The third kappa shape index (κ3) is 2.47. The zero-order chi connectivity index (χ0) is 12.3. The summed E-state index contributed by atoms with van der Waals surface area (Å²) in [4.78, 5) is 12.5. The van der Waals surface area contributed by atoms with Crippen LogP contribution in [0.5, 0.6) is 5.75 Å². The molecule has 2 rings (SSSR count). The number of aromatic amines is 1. The van der Waals surface area contributed by atoms with Crippen LogP contribution in [0.4, 0.5) is 5.82 Å². The summed E-state index contributed by atoms with van der Waals surface area (Å²) in [7, 11) is 1.58. The van der Waals surface area contributed by atoms with Gasteiger partial charge in [0.15, 0.2) is 0 Å². The van der Waals surface area contributed by atoms with Crippen molar-refractivity contribution >= 4 is 23.1 Å². The molecule has 0 spiro atoms. The summed E-state index contributed by atoms with van der Waals surface area (Å²) in [5.41, 5.74) is 0.988. The van der Waals surface area contributed by atoms with E-state index >= 15 is 0 Å². The minimum absolute atomic E-state index is 0.155. The Morgan fingerprint density at radius 1 is 1.65 bits per heavy atom. The van der Waals surface area contributed by atoms with Crippen molar-refractivity contribution in [1.82, 2.24) is 10.2 Å². The molecule has 0 saturated heterocycles. The highest BCUT2D eigenvalue weighted by Gasteiger charge is 2.12. The molecule has 0 aromatic carbocycles. The predicted octanol–water partition coefficient (Wildman–Crippen LogP) is 2.29. The van der Waals surface area contributed by atoms with Gasteiger partial charge in [-0.05, 0) is 6.42 Å². The van der Waals surface area contributed by atoms with E-state index in [-0.39, 0.29) is 5.91 Å². The van der Waals surface area contributed by atoms with Gasteiger partial charge in [-0.25, -0.2) is 0 Å². The third-order valence-electron chi connectivity index (χ3n) is 2.37. The lowest BCUT2D eigenvalue weighted by atomic mass is 10.2. The maximum atomic E-state index is 11.9. The van der Waals surface area contributed by atoms with Gasteiger partial charge in [-0.1, -0.05) is 6.92 Å². The number of thiophene rings is 1. The van der Waals surface area contributed by atoms with Crippen LogP contribution < -0.4 is 10.1 Å². The Morgan fingerprint density at radius 2 is 2.47 bits per heavy atom. The fraction of sp³-hybridized carbons (Fsp3) is 0.273. The largest absolute Gasteiger partial charge is 0.496 e. The van der Waals surface area contributed by atoms with E-state index in [1.807, 2.05) is 6.92 Å². The first-order valence-corrected chi connectivity index (χ1v) is 6.08. The summed E-state index contributed by atoms with van der Waals surface area (Å²) in [6.07, 6.45) is 2.53. The highest BCUT2D eigenvalue weighted by molar-refractivity contribution is 7.12. The van der Waals surface area contributed by atoms with Crippen LogP contribution >= 0.6 is 11.3 Å². The van der Waals surface area contributed by atoms with E-state index in [0.717, 1.165) is 12.0 Å². The summed E-state index contributed by atoms with van der Waals surface area (Å²) < 4.78 is 5.04. The first kappa shape index (κ1) is 11.7. The zero-order valence-electron chi connectivity index (χ0n) is 9.61. The van der Waals surface area contributed by atoms with Gasteiger partial charge in [0.2, 0.25) is 0 Å². The molecule has 2 N–H and O–H groups in total. The van der Waals surface area contributed by atoms with Crippen molar-refractivity contribution in [2.24, 2.45) is 0 Å². The van der Waals surface area contributed by atoms with Gasteiger partial charge in [0.05, 0.1) is 18.2 Å². The molecule has 0 aliphatic heterocycles. The Bertz CT molecular complexity index is 518. The zero-order valence-corrected chi connectivity index (χ0v) is 10.4. The number of methoxy groups -OCH3 is 1. The number of nitrogens with one attached hydrogen (secondary N) is 2. The number of nitrogens with zero attached hydrogens (tertiary/aromatic N) is 1. The van der Waals surface area contributed by atoms with Crippen molar-refractivity contribution in [2.45, 2.75) is 13.3 Å². The average molecular weight is 251 g/mol. The lowest BCUT2D eigenvalue weighted by Gasteiger charge is -2.02. The van der Waals surface area contributed by atoms with Crippen LogP contribution in [0.25, 0.3) is 0 Å². The molecule has 2 aromatic heterocycles. The van der Waals surface area contributed by atoms with Gasteiger partial charge in [-0.15, -0.1) is 11.3 Å². The van der Waals surface area contributed by atoms with E-state index in [2.05, 4.69) is 15.5 Å².